The van der Waals surface area contributed by atoms with Crippen LogP contribution in [0.25, 0.3) is 0 Å². The van der Waals surface area contributed by atoms with Gasteiger partial charge in [0.1, 0.15) is 5.82 Å². The topological polar surface area (TPSA) is 61.8 Å². The average Bonchev–Trinajstić information content (AvgIpc) is 3.38. The first-order valence-corrected chi connectivity index (χ1v) is 8.18. The third-order valence-electron chi connectivity index (χ3n) is 3.85. The van der Waals surface area contributed by atoms with Crippen molar-refractivity contribution in [2.45, 2.75) is 32.4 Å². The highest BCUT2D eigenvalue weighted by molar-refractivity contribution is 14.0. The SMILES string of the molecule is CCNC(=NCc1cccnc1N1CCOCC1)NC1CC1.I. The number of hydrogen-bond acceptors (Lipinski definition) is 4. The molecule has 7 heteroatoms. The molecular formula is C16H26IN5O. The van der Waals surface area contributed by atoms with E-state index in [-0.39, 0.29) is 24.0 Å². The molecule has 1 saturated carbocycles. The molecule has 0 unspecified atom stereocenters. The number of halogens is 1. The van der Waals surface area contributed by atoms with Crippen LogP contribution < -0.4 is 15.5 Å². The normalized spacial score (nSPS) is 18.3. The largest absolute Gasteiger partial charge is 0.378 e. The van der Waals surface area contributed by atoms with Gasteiger partial charge in [0.15, 0.2) is 5.96 Å². The zero-order chi connectivity index (χ0) is 15.2. The predicted octanol–water partition coefficient (Wildman–Crippen LogP) is 1.75. The molecule has 1 saturated heterocycles. The molecule has 3 rings (SSSR count). The van der Waals surface area contributed by atoms with E-state index in [9.17, 15) is 0 Å². The molecule has 1 aromatic rings. The molecule has 128 valence electrons. The van der Waals surface area contributed by atoms with Crippen molar-refractivity contribution in [3.8, 4) is 0 Å². The molecule has 0 amide bonds. The van der Waals surface area contributed by atoms with Crippen molar-refractivity contribution < 1.29 is 4.74 Å². The smallest absolute Gasteiger partial charge is 0.191 e. The summed E-state index contributed by atoms with van der Waals surface area (Å²) in [6.45, 7) is 6.94. The van der Waals surface area contributed by atoms with E-state index in [1.165, 1.54) is 12.8 Å². The number of ether oxygens (including phenoxy) is 1. The van der Waals surface area contributed by atoms with E-state index in [1.807, 2.05) is 12.3 Å². The molecule has 1 aliphatic heterocycles. The molecule has 0 spiro atoms. The maximum atomic E-state index is 5.42. The summed E-state index contributed by atoms with van der Waals surface area (Å²) in [5, 5.41) is 6.75. The Morgan fingerprint density at radius 2 is 2.17 bits per heavy atom. The Morgan fingerprint density at radius 1 is 1.39 bits per heavy atom. The summed E-state index contributed by atoms with van der Waals surface area (Å²) < 4.78 is 5.42. The Balaban J connectivity index is 0.00000192. The van der Waals surface area contributed by atoms with Gasteiger partial charge in [-0.15, -0.1) is 24.0 Å². The fraction of sp³-hybridized carbons (Fsp3) is 0.625. The minimum Gasteiger partial charge on any atom is -0.378 e. The number of anilines is 1. The highest BCUT2D eigenvalue weighted by Crippen LogP contribution is 2.20. The van der Waals surface area contributed by atoms with Gasteiger partial charge in [0.2, 0.25) is 0 Å². The Labute approximate surface area is 155 Å². The summed E-state index contributed by atoms with van der Waals surface area (Å²) >= 11 is 0. The fourth-order valence-electron chi connectivity index (χ4n) is 2.52. The molecule has 0 bridgehead atoms. The second kappa shape index (κ2) is 9.27. The second-order valence-electron chi connectivity index (χ2n) is 5.70. The molecular weight excluding hydrogens is 405 g/mol. The predicted molar refractivity (Wildman–Crippen MR) is 104 cm³/mol. The fourth-order valence-corrected chi connectivity index (χ4v) is 2.52. The van der Waals surface area contributed by atoms with Crippen LogP contribution in [-0.4, -0.2) is 49.8 Å². The molecule has 2 heterocycles. The van der Waals surface area contributed by atoms with Crippen LogP contribution in [0, 0.1) is 0 Å². The maximum Gasteiger partial charge on any atom is 0.191 e. The molecule has 23 heavy (non-hydrogen) atoms. The van der Waals surface area contributed by atoms with Gasteiger partial charge in [-0.3, -0.25) is 0 Å². The lowest BCUT2D eigenvalue weighted by atomic mass is 10.2. The lowest BCUT2D eigenvalue weighted by Gasteiger charge is -2.29. The molecule has 0 atom stereocenters. The van der Waals surface area contributed by atoms with Gasteiger partial charge in [0.05, 0.1) is 19.8 Å². The number of nitrogens with one attached hydrogen (secondary N) is 2. The Hall–Kier alpha value is -1.09. The van der Waals surface area contributed by atoms with Gasteiger partial charge in [-0.25, -0.2) is 9.98 Å². The van der Waals surface area contributed by atoms with Gasteiger partial charge in [-0.1, -0.05) is 6.07 Å². The Bertz CT molecular complexity index is 515. The summed E-state index contributed by atoms with van der Waals surface area (Å²) in [5.74, 6) is 1.94. The van der Waals surface area contributed by atoms with Crippen LogP contribution in [-0.2, 0) is 11.3 Å². The van der Waals surface area contributed by atoms with Crippen LogP contribution in [0.15, 0.2) is 23.3 Å². The van der Waals surface area contributed by atoms with E-state index in [0.29, 0.717) is 12.6 Å². The monoisotopic (exact) mass is 431 g/mol. The van der Waals surface area contributed by atoms with Crippen molar-refractivity contribution >= 4 is 35.8 Å². The quantitative estimate of drug-likeness (QED) is 0.423. The van der Waals surface area contributed by atoms with E-state index < -0.39 is 0 Å². The van der Waals surface area contributed by atoms with Crippen LogP contribution in [0.3, 0.4) is 0 Å². The highest BCUT2D eigenvalue weighted by Gasteiger charge is 2.22. The second-order valence-corrected chi connectivity index (χ2v) is 5.70. The Kier molecular flexibility index (Phi) is 7.35. The molecule has 0 radical (unpaired) electrons. The van der Waals surface area contributed by atoms with Gasteiger partial charge in [0, 0.05) is 37.4 Å². The first kappa shape index (κ1) is 18.3. The molecule has 2 N–H and O–H groups in total. The van der Waals surface area contributed by atoms with Crippen LogP contribution in [0.5, 0.6) is 0 Å². The van der Waals surface area contributed by atoms with E-state index in [2.05, 4.69) is 33.5 Å². The van der Waals surface area contributed by atoms with Crippen molar-refractivity contribution in [1.82, 2.24) is 15.6 Å². The third-order valence-corrected chi connectivity index (χ3v) is 3.85. The van der Waals surface area contributed by atoms with E-state index in [0.717, 1.165) is 50.2 Å². The lowest BCUT2D eigenvalue weighted by molar-refractivity contribution is 0.122. The van der Waals surface area contributed by atoms with E-state index >= 15 is 0 Å². The number of morpholine rings is 1. The lowest BCUT2D eigenvalue weighted by Crippen LogP contribution is -2.39. The first-order valence-electron chi connectivity index (χ1n) is 8.18. The molecule has 1 aromatic heterocycles. The van der Waals surface area contributed by atoms with E-state index in [1.54, 1.807) is 0 Å². The zero-order valence-corrected chi connectivity index (χ0v) is 16.0. The van der Waals surface area contributed by atoms with E-state index in [4.69, 9.17) is 9.73 Å². The van der Waals surface area contributed by atoms with Crippen molar-refractivity contribution in [2.24, 2.45) is 4.99 Å². The molecule has 1 aliphatic carbocycles. The Morgan fingerprint density at radius 3 is 2.87 bits per heavy atom. The van der Waals surface area contributed by atoms with Crippen LogP contribution in [0.4, 0.5) is 5.82 Å². The minimum atomic E-state index is 0. The standard InChI is InChI=1S/C16H25N5O.HI/c1-2-17-16(20-14-5-6-14)19-12-13-4-3-7-18-15(13)21-8-10-22-11-9-21;/h3-4,7,14H,2,5-6,8-12H2,1H3,(H2,17,19,20);1H. The highest BCUT2D eigenvalue weighted by atomic mass is 127. The number of nitrogens with zero attached hydrogens (tertiary/aromatic N) is 3. The summed E-state index contributed by atoms with van der Waals surface area (Å²) in [4.78, 5) is 11.6. The number of aromatic nitrogens is 1. The number of hydrogen-bond donors (Lipinski definition) is 2. The van der Waals surface area contributed by atoms with Crippen molar-refractivity contribution in [2.75, 3.05) is 37.7 Å². The molecule has 2 aliphatic rings. The van der Waals surface area contributed by atoms with Gasteiger partial charge in [-0.2, -0.15) is 0 Å². The number of guanidine groups is 1. The maximum absolute atomic E-state index is 5.42. The number of rotatable bonds is 5. The summed E-state index contributed by atoms with van der Waals surface area (Å²) in [7, 11) is 0. The van der Waals surface area contributed by atoms with Gasteiger partial charge in [-0.05, 0) is 25.8 Å². The minimum absolute atomic E-state index is 0. The molecule has 6 nitrogen and oxygen atoms in total. The summed E-state index contributed by atoms with van der Waals surface area (Å²) in [6.07, 6.45) is 4.35. The third kappa shape index (κ3) is 5.49. The van der Waals surface area contributed by atoms with Crippen LogP contribution in [0.1, 0.15) is 25.3 Å². The average molecular weight is 431 g/mol. The summed E-state index contributed by atoms with van der Waals surface area (Å²) in [6, 6.07) is 4.70. The zero-order valence-electron chi connectivity index (χ0n) is 13.6. The first-order chi connectivity index (χ1) is 10.9. The van der Waals surface area contributed by atoms with Crippen molar-refractivity contribution in [3.05, 3.63) is 23.9 Å². The van der Waals surface area contributed by atoms with Crippen molar-refractivity contribution in [3.63, 3.8) is 0 Å². The number of pyridine rings is 1. The molecule has 0 aromatic carbocycles. The van der Waals surface area contributed by atoms with Gasteiger partial charge >= 0.3 is 0 Å². The van der Waals surface area contributed by atoms with Crippen LogP contribution in [0.2, 0.25) is 0 Å². The van der Waals surface area contributed by atoms with Gasteiger partial charge < -0.3 is 20.3 Å². The van der Waals surface area contributed by atoms with Crippen LogP contribution >= 0.6 is 24.0 Å². The molecule has 2 fully saturated rings. The van der Waals surface area contributed by atoms with Crippen molar-refractivity contribution in [1.29, 1.82) is 0 Å². The number of aliphatic imine (C=N–C) groups is 1. The van der Waals surface area contributed by atoms with Gasteiger partial charge in [0.25, 0.3) is 0 Å². The summed E-state index contributed by atoms with van der Waals surface area (Å²) in [5.41, 5.74) is 1.16.